The largest absolute Gasteiger partial charge is 0.494 e. The molecule has 3 saturated heterocycles. The van der Waals surface area contributed by atoms with Crippen LogP contribution in [0.15, 0.2) is 221 Å². The molecule has 636 valence electrons. The van der Waals surface area contributed by atoms with Gasteiger partial charge in [-0.25, -0.2) is 39.3 Å². The minimum Gasteiger partial charge on any atom is -0.494 e. The molecule has 9 heterocycles. The topological polar surface area (TPSA) is 329 Å². The van der Waals surface area contributed by atoms with E-state index < -0.39 is 0 Å². The van der Waals surface area contributed by atoms with Crippen molar-refractivity contribution in [1.82, 2.24) is 73.7 Å². The van der Waals surface area contributed by atoms with E-state index in [9.17, 15) is 14.4 Å². The van der Waals surface area contributed by atoms with Crippen LogP contribution in [0.1, 0.15) is 17.2 Å². The van der Waals surface area contributed by atoms with Crippen LogP contribution in [0, 0.1) is 0 Å². The van der Waals surface area contributed by atoms with Crippen molar-refractivity contribution in [3.05, 3.63) is 238 Å². The maximum absolute atomic E-state index is 12.3. The van der Waals surface area contributed by atoms with Crippen LogP contribution in [-0.4, -0.2) is 234 Å². The Balaban J connectivity index is 0.000000159. The molecule has 6 aromatic carbocycles. The molecule has 6 N–H and O–H groups in total. The maximum atomic E-state index is 12.3. The number of nitrogens with one attached hydrogen (secondary N) is 6. The molecule has 0 saturated carbocycles. The summed E-state index contributed by atoms with van der Waals surface area (Å²) in [7, 11) is 16.9. The molecule has 6 aromatic heterocycles. The second-order valence-electron chi connectivity index (χ2n) is 29.3. The second-order valence-corrected chi connectivity index (χ2v) is 29.3. The van der Waals surface area contributed by atoms with Gasteiger partial charge in [0.2, 0.25) is 35.6 Å². The second kappa shape index (κ2) is 41.6. The Kier molecular flexibility index (Phi) is 29.3. The van der Waals surface area contributed by atoms with E-state index in [2.05, 4.69) is 113 Å². The van der Waals surface area contributed by atoms with E-state index in [0.717, 1.165) is 68.2 Å². The van der Waals surface area contributed by atoms with Crippen molar-refractivity contribution in [2.24, 2.45) is 0 Å². The number of benzene rings is 6. The van der Waals surface area contributed by atoms with Gasteiger partial charge < -0.3 is 94.3 Å². The van der Waals surface area contributed by atoms with Crippen LogP contribution in [-0.2, 0) is 48.2 Å². The number of imidazole rings is 1. The fraction of sp³-hybridized carbons (Fsp3) is 0.267. The molecule has 12 aromatic rings. The number of hydrogen-bond donors (Lipinski definition) is 6. The summed E-state index contributed by atoms with van der Waals surface area (Å²) >= 11 is 0. The number of morpholine rings is 3. The molecule has 33 nitrogen and oxygen atoms in total. The number of methoxy groups -OCH3 is 3. The molecule has 0 atom stereocenters. The average Bonchev–Trinajstić information content (AvgIpc) is 1.79. The van der Waals surface area contributed by atoms with Crippen LogP contribution in [0.5, 0.6) is 17.2 Å². The third-order valence-corrected chi connectivity index (χ3v) is 19.7. The quantitative estimate of drug-likeness (QED) is 0.0228. The molecule has 15 rings (SSSR count). The first kappa shape index (κ1) is 86.6. The first-order valence-electron chi connectivity index (χ1n) is 40.0. The summed E-state index contributed by atoms with van der Waals surface area (Å²) in [5.41, 5.74) is 15.0. The van der Waals surface area contributed by atoms with E-state index in [1.165, 1.54) is 18.2 Å². The first-order chi connectivity index (χ1) is 59.8. The van der Waals surface area contributed by atoms with Gasteiger partial charge in [0.25, 0.3) is 0 Å². The lowest BCUT2D eigenvalue weighted by Gasteiger charge is -2.31. The molecule has 0 spiro atoms. The predicted molar refractivity (Wildman–Crippen MR) is 480 cm³/mol. The van der Waals surface area contributed by atoms with Crippen molar-refractivity contribution < 1.29 is 42.8 Å². The van der Waals surface area contributed by atoms with Gasteiger partial charge in [-0.1, -0.05) is 86.5 Å². The Labute approximate surface area is 714 Å². The number of ether oxygens (including phenoxy) is 6. The predicted octanol–water partition coefficient (Wildman–Crippen LogP) is 12.3. The van der Waals surface area contributed by atoms with Crippen LogP contribution < -0.4 is 60.8 Å². The molecule has 3 aliphatic heterocycles. The van der Waals surface area contributed by atoms with Gasteiger partial charge in [-0.2, -0.15) is 15.2 Å². The highest BCUT2D eigenvalue weighted by atomic mass is 16.5. The lowest BCUT2D eigenvalue weighted by Crippen LogP contribution is -2.36. The third-order valence-electron chi connectivity index (χ3n) is 19.7. The highest BCUT2D eigenvalue weighted by Gasteiger charge is 2.26. The fourth-order valence-corrected chi connectivity index (χ4v) is 13.9. The van der Waals surface area contributed by atoms with Crippen LogP contribution in [0.3, 0.4) is 0 Å². The van der Waals surface area contributed by atoms with Gasteiger partial charge in [-0.05, 0) is 127 Å². The molecular formula is C90H102N24O9. The van der Waals surface area contributed by atoms with Gasteiger partial charge in [0, 0.05) is 119 Å². The van der Waals surface area contributed by atoms with E-state index in [4.69, 9.17) is 58.6 Å². The normalized spacial score (nSPS) is 13.2. The van der Waals surface area contributed by atoms with Crippen molar-refractivity contribution in [2.75, 3.05) is 189 Å². The van der Waals surface area contributed by atoms with E-state index in [0.29, 0.717) is 185 Å². The van der Waals surface area contributed by atoms with Gasteiger partial charge in [-0.3, -0.25) is 14.4 Å². The molecular weight excluding hydrogens is 1560 g/mol. The molecule has 0 aliphatic carbocycles. The molecule has 0 bridgehead atoms. The zero-order chi connectivity index (χ0) is 86.3. The highest BCUT2D eigenvalue weighted by molar-refractivity contribution is 6.04. The van der Waals surface area contributed by atoms with Crippen molar-refractivity contribution in [1.29, 1.82) is 0 Å². The van der Waals surface area contributed by atoms with E-state index >= 15 is 0 Å². The molecule has 123 heavy (non-hydrogen) atoms. The zero-order valence-corrected chi connectivity index (χ0v) is 70.5. The zero-order valence-electron chi connectivity index (χ0n) is 70.5. The Hall–Kier alpha value is -14.2. The molecule has 3 fully saturated rings. The van der Waals surface area contributed by atoms with Gasteiger partial charge in [0.05, 0.1) is 147 Å². The van der Waals surface area contributed by atoms with Crippen LogP contribution in [0.25, 0.3) is 51.1 Å². The molecule has 0 unspecified atom stereocenters. The summed E-state index contributed by atoms with van der Waals surface area (Å²) < 4.78 is 39.5. The standard InChI is InChI=1S/3C30H34N8O3/c1-5-29(39)32-23-17-24(27(40-4)18-26(23)37-13-15-41-16-14-37)33-30-31-12-11-28(34-30)38-19-22(21-9-7-6-8-10-21)25(35-38)20-36(2)3;1-5-29(39)32-25-18-26(28(40-4)19-27(25)37-13-15-41-16-14-37)34-30-31-12-11-23(33-30)24-17-22(20-36(2)3)38(35-24)21-9-7-6-8-10-21;1-5-29(39)33-23-17-24(27(40-4)18-26(23)37-13-15-41-16-14-37)35-30-31-12-11-22(34-30)25-19-38(21-9-7-6-8-10-21)28(32-25)20-36(2)3/h2*5-12,17-19H,1,13-16,20H2,2-4H3,(H,32,39)(H,31,33,34);5-12,17-19H,1,13-16,20H2,2-4H3,(H,33,39)(H,31,34,35). The van der Waals surface area contributed by atoms with Crippen molar-refractivity contribution in [3.8, 4) is 68.3 Å². The Bertz CT molecular complexity index is 5080. The number of carbonyl (C=O) groups excluding carboxylic acids is 3. The number of nitrogens with zero attached hydrogens (tertiary/aromatic N) is 18. The van der Waals surface area contributed by atoms with Gasteiger partial charge in [0.15, 0.2) is 5.82 Å². The molecule has 3 amide bonds. The lowest BCUT2D eigenvalue weighted by molar-refractivity contribution is -0.112. The Morgan fingerprint density at radius 1 is 0.431 bits per heavy atom. The monoisotopic (exact) mass is 1660 g/mol. The Morgan fingerprint density at radius 3 is 1.26 bits per heavy atom. The van der Waals surface area contributed by atoms with Crippen molar-refractivity contribution in [3.63, 3.8) is 0 Å². The lowest BCUT2D eigenvalue weighted by atomic mass is 10.1. The first-order valence-corrected chi connectivity index (χ1v) is 40.0. The van der Waals surface area contributed by atoms with Crippen molar-refractivity contribution >= 4 is 86.8 Å². The minimum absolute atomic E-state index is 0.309. The number of rotatable bonds is 30. The average molecular weight is 1660 g/mol. The van der Waals surface area contributed by atoms with Crippen LogP contribution >= 0.6 is 0 Å². The van der Waals surface area contributed by atoms with E-state index in [1.807, 2.05) is 193 Å². The fourth-order valence-electron chi connectivity index (χ4n) is 13.9. The summed E-state index contributed by atoms with van der Waals surface area (Å²) in [6, 6.07) is 48.9. The van der Waals surface area contributed by atoms with E-state index in [1.54, 1.807) is 50.7 Å². The number of aromatic nitrogens is 12. The molecule has 33 heteroatoms. The van der Waals surface area contributed by atoms with E-state index in [-0.39, 0.29) is 17.7 Å². The number of anilines is 12. The summed E-state index contributed by atoms with van der Waals surface area (Å²) in [4.78, 5) is 82.0. The SMILES string of the molecule is C=CC(=O)Nc1cc(Nc2nccc(-c3cc(CN(C)C)n(-c4ccccc4)n3)n2)c(OC)cc1N1CCOCC1.C=CC(=O)Nc1cc(Nc2nccc(-c3cn(-c4ccccc4)c(CN(C)C)n3)n2)c(OC)cc1N1CCOCC1.C=CC(=O)Nc1cc(Nc2nccc(-n3cc(-c4ccccc4)c(CN(C)C)n3)n2)c(OC)cc1N1CCOCC1. The van der Waals surface area contributed by atoms with Gasteiger partial charge in [-0.15, -0.1) is 0 Å². The minimum atomic E-state index is -0.310. The van der Waals surface area contributed by atoms with Crippen LogP contribution in [0.2, 0.25) is 0 Å². The third kappa shape index (κ3) is 22.4. The maximum Gasteiger partial charge on any atom is 0.247 e. The van der Waals surface area contributed by atoms with Crippen LogP contribution in [0.4, 0.5) is 69.0 Å². The number of carbonyl (C=O) groups is 3. The summed E-state index contributed by atoms with van der Waals surface area (Å²) in [6.45, 7) is 20.6. The highest BCUT2D eigenvalue weighted by Crippen LogP contribution is 2.43. The summed E-state index contributed by atoms with van der Waals surface area (Å²) in [5, 5.41) is 28.3. The Morgan fingerprint density at radius 2 is 0.837 bits per heavy atom. The summed E-state index contributed by atoms with van der Waals surface area (Å²) in [5.74, 6) is 3.40. The smallest absolute Gasteiger partial charge is 0.247 e. The van der Waals surface area contributed by atoms with Gasteiger partial charge >= 0.3 is 0 Å². The number of hydrogen-bond acceptors (Lipinski definition) is 27. The number of para-hydroxylation sites is 2. The summed E-state index contributed by atoms with van der Waals surface area (Å²) in [6.07, 6.45) is 12.8. The molecule has 0 radical (unpaired) electrons. The number of amides is 3. The van der Waals surface area contributed by atoms with Gasteiger partial charge in [0.1, 0.15) is 34.5 Å². The van der Waals surface area contributed by atoms with Crippen molar-refractivity contribution in [2.45, 2.75) is 19.6 Å². The molecule has 3 aliphatic rings.